The van der Waals surface area contributed by atoms with Crippen LogP contribution in [-0.2, 0) is 0 Å². The zero-order valence-corrected chi connectivity index (χ0v) is 9.89. The van der Waals surface area contributed by atoms with Gasteiger partial charge in [-0.2, -0.15) is 0 Å². The van der Waals surface area contributed by atoms with Gasteiger partial charge in [0.25, 0.3) is 0 Å². The molecule has 2 rings (SSSR count). The monoisotopic (exact) mass is 240 g/mol. The van der Waals surface area contributed by atoms with E-state index >= 15 is 0 Å². The highest BCUT2D eigenvalue weighted by Crippen LogP contribution is 2.30. The van der Waals surface area contributed by atoms with E-state index in [2.05, 4.69) is 9.97 Å². The van der Waals surface area contributed by atoms with Crippen LogP contribution in [-0.4, -0.2) is 23.3 Å². The standard InChI is InChI=1S/C10H9ClN2OS/c1-14-9-4-6(15-2)3-8-7(9)5-12-10(11)13-8/h3-5H,1-2H3. The van der Waals surface area contributed by atoms with E-state index in [-0.39, 0.29) is 5.28 Å². The highest BCUT2D eigenvalue weighted by molar-refractivity contribution is 7.98. The Morgan fingerprint density at radius 1 is 1.40 bits per heavy atom. The van der Waals surface area contributed by atoms with Crippen molar-refractivity contribution in [1.29, 1.82) is 0 Å². The van der Waals surface area contributed by atoms with Crippen LogP contribution < -0.4 is 4.74 Å². The van der Waals surface area contributed by atoms with Gasteiger partial charge in [0, 0.05) is 11.1 Å². The van der Waals surface area contributed by atoms with Crippen LogP contribution in [0.4, 0.5) is 0 Å². The maximum absolute atomic E-state index is 5.74. The molecule has 78 valence electrons. The number of halogens is 1. The lowest BCUT2D eigenvalue weighted by Crippen LogP contribution is -1.90. The molecule has 0 bridgehead atoms. The molecule has 1 heterocycles. The SMILES string of the molecule is COc1cc(SC)cc2nc(Cl)ncc12. The molecule has 3 nitrogen and oxygen atoms in total. The van der Waals surface area contributed by atoms with Crippen LogP contribution in [0.2, 0.25) is 5.28 Å². The lowest BCUT2D eigenvalue weighted by Gasteiger charge is -2.06. The first-order valence-electron chi connectivity index (χ1n) is 4.29. The summed E-state index contributed by atoms with van der Waals surface area (Å²) in [6, 6.07) is 3.93. The van der Waals surface area contributed by atoms with Gasteiger partial charge in [-0.25, -0.2) is 9.97 Å². The topological polar surface area (TPSA) is 35.0 Å². The van der Waals surface area contributed by atoms with E-state index < -0.39 is 0 Å². The number of nitrogens with zero attached hydrogens (tertiary/aromatic N) is 2. The molecular formula is C10H9ClN2OS. The van der Waals surface area contributed by atoms with E-state index in [4.69, 9.17) is 16.3 Å². The lowest BCUT2D eigenvalue weighted by atomic mass is 10.2. The third-order valence-corrected chi connectivity index (χ3v) is 2.95. The molecule has 0 saturated carbocycles. The number of benzene rings is 1. The van der Waals surface area contributed by atoms with E-state index in [9.17, 15) is 0 Å². The maximum Gasteiger partial charge on any atom is 0.222 e. The normalized spacial score (nSPS) is 10.6. The number of methoxy groups -OCH3 is 1. The first kappa shape index (κ1) is 10.5. The van der Waals surface area contributed by atoms with E-state index in [0.717, 1.165) is 21.5 Å². The molecule has 0 saturated heterocycles. The molecule has 0 atom stereocenters. The van der Waals surface area contributed by atoms with Gasteiger partial charge in [-0.05, 0) is 30.0 Å². The van der Waals surface area contributed by atoms with Gasteiger partial charge in [-0.15, -0.1) is 11.8 Å². The second-order valence-electron chi connectivity index (χ2n) is 2.90. The van der Waals surface area contributed by atoms with Crippen LogP contribution in [0.5, 0.6) is 5.75 Å². The molecule has 0 amide bonds. The second kappa shape index (κ2) is 4.24. The fourth-order valence-electron chi connectivity index (χ4n) is 1.34. The summed E-state index contributed by atoms with van der Waals surface area (Å²) >= 11 is 7.38. The van der Waals surface area contributed by atoms with Crippen molar-refractivity contribution in [3.05, 3.63) is 23.6 Å². The molecule has 1 aromatic heterocycles. The fraction of sp³-hybridized carbons (Fsp3) is 0.200. The average Bonchev–Trinajstić information content (AvgIpc) is 2.26. The lowest BCUT2D eigenvalue weighted by molar-refractivity contribution is 0.418. The van der Waals surface area contributed by atoms with Gasteiger partial charge >= 0.3 is 0 Å². The molecule has 0 aliphatic heterocycles. The zero-order valence-electron chi connectivity index (χ0n) is 8.32. The predicted octanol–water partition coefficient (Wildman–Crippen LogP) is 3.01. The highest BCUT2D eigenvalue weighted by Gasteiger charge is 2.06. The predicted molar refractivity (Wildman–Crippen MR) is 62.9 cm³/mol. The number of aromatic nitrogens is 2. The number of ether oxygens (including phenoxy) is 1. The number of rotatable bonds is 2. The Balaban J connectivity index is 2.74. The summed E-state index contributed by atoms with van der Waals surface area (Å²) in [5.41, 5.74) is 0.804. The van der Waals surface area contributed by atoms with Crippen LogP contribution in [0.15, 0.2) is 23.2 Å². The summed E-state index contributed by atoms with van der Waals surface area (Å²) in [4.78, 5) is 9.18. The molecule has 2 aromatic rings. The van der Waals surface area contributed by atoms with E-state index in [1.807, 2.05) is 18.4 Å². The Hall–Kier alpha value is -1.00. The third kappa shape index (κ3) is 2.01. The van der Waals surface area contributed by atoms with Crippen LogP contribution >= 0.6 is 23.4 Å². The Kier molecular flexibility index (Phi) is 2.98. The van der Waals surface area contributed by atoms with Crippen molar-refractivity contribution in [2.45, 2.75) is 4.90 Å². The summed E-state index contributed by atoms with van der Waals surface area (Å²) in [5.74, 6) is 0.772. The molecule has 0 aliphatic carbocycles. The molecule has 0 unspecified atom stereocenters. The highest BCUT2D eigenvalue weighted by atomic mass is 35.5. The molecule has 5 heteroatoms. The van der Waals surface area contributed by atoms with E-state index in [0.29, 0.717) is 0 Å². The maximum atomic E-state index is 5.74. The van der Waals surface area contributed by atoms with Gasteiger partial charge in [-0.1, -0.05) is 0 Å². The number of hydrogen-bond donors (Lipinski definition) is 0. The van der Waals surface area contributed by atoms with Crippen molar-refractivity contribution in [2.75, 3.05) is 13.4 Å². The molecule has 0 N–H and O–H groups in total. The van der Waals surface area contributed by atoms with E-state index in [1.54, 1.807) is 25.1 Å². The van der Waals surface area contributed by atoms with Crippen LogP contribution in [0, 0.1) is 0 Å². The van der Waals surface area contributed by atoms with Gasteiger partial charge in [0.1, 0.15) is 5.75 Å². The van der Waals surface area contributed by atoms with E-state index in [1.165, 1.54) is 0 Å². The number of fused-ring (bicyclic) bond motifs is 1. The Morgan fingerprint density at radius 3 is 2.87 bits per heavy atom. The first-order chi connectivity index (χ1) is 7.24. The summed E-state index contributed by atoms with van der Waals surface area (Å²) in [6.45, 7) is 0. The molecular weight excluding hydrogens is 232 g/mol. The number of thioether (sulfide) groups is 1. The van der Waals surface area contributed by atoms with Crippen molar-refractivity contribution in [1.82, 2.24) is 9.97 Å². The van der Waals surface area contributed by atoms with Crippen molar-refractivity contribution in [3.8, 4) is 5.75 Å². The molecule has 0 fully saturated rings. The summed E-state index contributed by atoms with van der Waals surface area (Å²) in [6.07, 6.45) is 3.68. The van der Waals surface area contributed by atoms with Gasteiger partial charge in [0.05, 0.1) is 18.0 Å². The van der Waals surface area contributed by atoms with Gasteiger partial charge < -0.3 is 4.74 Å². The van der Waals surface area contributed by atoms with Gasteiger partial charge in [0.2, 0.25) is 5.28 Å². The smallest absolute Gasteiger partial charge is 0.222 e. The summed E-state index contributed by atoms with van der Waals surface area (Å²) in [7, 11) is 1.63. The number of hydrogen-bond acceptors (Lipinski definition) is 4. The third-order valence-electron chi connectivity index (χ3n) is 2.06. The second-order valence-corrected chi connectivity index (χ2v) is 4.12. The van der Waals surface area contributed by atoms with Crippen molar-refractivity contribution in [3.63, 3.8) is 0 Å². The molecule has 15 heavy (non-hydrogen) atoms. The quantitative estimate of drug-likeness (QED) is 0.597. The van der Waals surface area contributed by atoms with Gasteiger partial charge in [0.15, 0.2) is 0 Å². The zero-order chi connectivity index (χ0) is 10.8. The minimum Gasteiger partial charge on any atom is -0.496 e. The fourth-order valence-corrected chi connectivity index (χ4v) is 1.94. The molecule has 0 spiro atoms. The largest absolute Gasteiger partial charge is 0.496 e. The van der Waals surface area contributed by atoms with Gasteiger partial charge in [-0.3, -0.25) is 0 Å². The molecule has 0 radical (unpaired) electrons. The van der Waals surface area contributed by atoms with Crippen molar-refractivity contribution in [2.24, 2.45) is 0 Å². The Morgan fingerprint density at radius 2 is 2.20 bits per heavy atom. The van der Waals surface area contributed by atoms with Crippen molar-refractivity contribution < 1.29 is 4.74 Å². The summed E-state index contributed by atoms with van der Waals surface area (Å²) < 4.78 is 5.27. The minimum atomic E-state index is 0.253. The Bertz CT molecular complexity index is 504. The summed E-state index contributed by atoms with van der Waals surface area (Å²) in [5, 5.41) is 1.13. The van der Waals surface area contributed by atoms with Crippen LogP contribution in [0.3, 0.4) is 0 Å². The molecule has 0 aliphatic rings. The van der Waals surface area contributed by atoms with Crippen molar-refractivity contribution >= 4 is 34.3 Å². The average molecular weight is 241 g/mol. The molecule has 1 aromatic carbocycles. The van der Waals surface area contributed by atoms with Crippen LogP contribution in [0.1, 0.15) is 0 Å². The minimum absolute atomic E-state index is 0.253. The first-order valence-corrected chi connectivity index (χ1v) is 5.89. The van der Waals surface area contributed by atoms with Crippen LogP contribution in [0.25, 0.3) is 10.9 Å². The Labute approximate surface area is 96.8 Å².